The molecule has 1 aromatic heterocycles. The minimum absolute atomic E-state index is 0.506. The molecule has 0 spiro atoms. The molecule has 154 valence electrons. The largest absolute Gasteiger partial charge is 0.393 e. The zero-order chi connectivity index (χ0) is 20.6. The second-order valence-corrected chi connectivity index (χ2v) is 7.39. The van der Waals surface area contributed by atoms with E-state index in [-0.39, 0.29) is 0 Å². The van der Waals surface area contributed by atoms with Gasteiger partial charge in [0.25, 0.3) is 0 Å². The van der Waals surface area contributed by atoms with Crippen LogP contribution in [0.25, 0.3) is 0 Å². The van der Waals surface area contributed by atoms with Gasteiger partial charge in [-0.05, 0) is 56.4 Å². The average Bonchev–Trinajstić information content (AvgIpc) is 2.81. The van der Waals surface area contributed by atoms with E-state index in [9.17, 15) is 0 Å². The number of hydrazine groups is 1. The molecule has 0 saturated heterocycles. The molecule has 3 aromatic rings. The molecule has 4 N–H and O–H groups in total. The molecule has 1 heterocycles. The van der Waals surface area contributed by atoms with Gasteiger partial charge in [0.1, 0.15) is 12.0 Å². The van der Waals surface area contributed by atoms with Crippen molar-refractivity contribution in [2.24, 2.45) is 0 Å². The first kappa shape index (κ1) is 19.8. The smallest absolute Gasteiger partial charge is 0.173 e. The van der Waals surface area contributed by atoms with Gasteiger partial charge in [0.2, 0.25) is 0 Å². The van der Waals surface area contributed by atoms with E-state index < -0.39 is 0 Å². The van der Waals surface area contributed by atoms with Gasteiger partial charge in [-0.3, -0.25) is 10.4 Å². The number of nitrogen functional groups attached to an aromatic ring is 1. The number of allylic oxidation sites excluding steroid dienone is 1. The Kier molecular flexibility index (Phi) is 6.44. The summed E-state index contributed by atoms with van der Waals surface area (Å²) in [6.07, 6.45) is 9.94. The summed E-state index contributed by atoms with van der Waals surface area (Å²) < 4.78 is 0. The molecule has 0 fully saturated rings. The molecule has 6 heteroatoms. The van der Waals surface area contributed by atoms with Crippen molar-refractivity contribution in [3.8, 4) is 0 Å². The number of benzene rings is 2. The molecule has 4 rings (SSSR count). The monoisotopic (exact) mass is 400 g/mol. The Morgan fingerprint density at radius 1 is 0.867 bits per heavy atom. The molecule has 0 saturated carbocycles. The first-order valence-corrected chi connectivity index (χ1v) is 10.5. The molecule has 0 bridgehead atoms. The number of nitrogens with two attached hydrogens (primary N) is 1. The molecule has 30 heavy (non-hydrogen) atoms. The number of hydrogen-bond acceptors (Lipinski definition) is 6. The quantitative estimate of drug-likeness (QED) is 0.341. The number of aromatic nitrogens is 2. The highest BCUT2D eigenvalue weighted by Crippen LogP contribution is 2.29. The SMILES string of the molecule is Nc1c(NCCC2=CCCCC2)ncnc1NN(c1ccccc1)c1ccccc1. The van der Waals surface area contributed by atoms with Crippen molar-refractivity contribution in [2.75, 3.05) is 28.0 Å². The predicted octanol–water partition coefficient (Wildman–Crippen LogP) is 5.53. The second-order valence-electron chi connectivity index (χ2n) is 7.39. The van der Waals surface area contributed by atoms with Crippen LogP contribution in [0.2, 0.25) is 0 Å². The Balaban J connectivity index is 1.51. The van der Waals surface area contributed by atoms with Gasteiger partial charge in [0, 0.05) is 6.54 Å². The van der Waals surface area contributed by atoms with Crippen molar-refractivity contribution in [1.82, 2.24) is 9.97 Å². The Hall–Kier alpha value is -3.54. The summed E-state index contributed by atoms with van der Waals surface area (Å²) in [5.74, 6) is 1.22. The van der Waals surface area contributed by atoms with Crippen molar-refractivity contribution >= 4 is 28.7 Å². The molecule has 0 unspecified atom stereocenters. The normalized spacial score (nSPS) is 13.4. The molecule has 6 nitrogen and oxygen atoms in total. The van der Waals surface area contributed by atoms with Gasteiger partial charge in [0.15, 0.2) is 11.6 Å². The minimum Gasteiger partial charge on any atom is -0.393 e. The Bertz CT molecular complexity index is 932. The van der Waals surface area contributed by atoms with E-state index >= 15 is 0 Å². The summed E-state index contributed by atoms with van der Waals surface area (Å²) in [6, 6.07) is 20.1. The Labute approximate surface area is 177 Å². The molecule has 0 atom stereocenters. The van der Waals surface area contributed by atoms with Gasteiger partial charge in [-0.25, -0.2) is 9.97 Å². The molecule has 0 aliphatic heterocycles. The zero-order valence-electron chi connectivity index (χ0n) is 17.1. The molecule has 0 radical (unpaired) electrons. The summed E-state index contributed by atoms with van der Waals surface area (Å²) in [5, 5.41) is 5.35. The van der Waals surface area contributed by atoms with Crippen molar-refractivity contribution in [2.45, 2.75) is 32.1 Å². The van der Waals surface area contributed by atoms with Gasteiger partial charge in [-0.1, -0.05) is 48.0 Å². The minimum atomic E-state index is 0.506. The van der Waals surface area contributed by atoms with Gasteiger partial charge in [-0.15, -0.1) is 0 Å². The topological polar surface area (TPSA) is 79.1 Å². The van der Waals surface area contributed by atoms with Crippen LogP contribution in [0.15, 0.2) is 78.6 Å². The molecular formula is C24H28N6. The number of para-hydroxylation sites is 2. The maximum Gasteiger partial charge on any atom is 0.173 e. The Morgan fingerprint density at radius 3 is 2.17 bits per heavy atom. The van der Waals surface area contributed by atoms with Crippen LogP contribution in [-0.2, 0) is 0 Å². The summed E-state index contributed by atoms with van der Waals surface area (Å²) in [6.45, 7) is 0.813. The van der Waals surface area contributed by atoms with Crippen LogP contribution in [0, 0.1) is 0 Å². The lowest BCUT2D eigenvalue weighted by atomic mass is 9.97. The predicted molar refractivity (Wildman–Crippen MR) is 125 cm³/mol. The molecule has 1 aliphatic rings. The molecular weight excluding hydrogens is 372 g/mol. The molecule has 0 amide bonds. The fourth-order valence-corrected chi connectivity index (χ4v) is 3.64. The number of hydrogen-bond donors (Lipinski definition) is 3. The second kappa shape index (κ2) is 9.78. The lowest BCUT2D eigenvalue weighted by Gasteiger charge is -2.26. The van der Waals surface area contributed by atoms with Gasteiger partial charge < -0.3 is 11.1 Å². The summed E-state index contributed by atoms with van der Waals surface area (Å²) in [4.78, 5) is 8.74. The first-order valence-electron chi connectivity index (χ1n) is 10.5. The fraction of sp³-hybridized carbons (Fsp3) is 0.250. The summed E-state index contributed by atoms with van der Waals surface area (Å²) in [7, 11) is 0. The highest BCUT2D eigenvalue weighted by molar-refractivity contribution is 5.77. The van der Waals surface area contributed by atoms with Gasteiger partial charge in [-0.2, -0.15) is 0 Å². The number of anilines is 5. The first-order chi connectivity index (χ1) is 14.8. The van der Waals surface area contributed by atoms with Crippen LogP contribution >= 0.6 is 0 Å². The third-order valence-corrected chi connectivity index (χ3v) is 5.25. The number of nitrogens with zero attached hydrogens (tertiary/aromatic N) is 3. The van der Waals surface area contributed by atoms with Crippen LogP contribution < -0.4 is 21.5 Å². The van der Waals surface area contributed by atoms with Crippen LogP contribution in [0.3, 0.4) is 0 Å². The van der Waals surface area contributed by atoms with E-state index in [4.69, 9.17) is 5.73 Å². The number of rotatable bonds is 8. The van der Waals surface area contributed by atoms with E-state index in [0.29, 0.717) is 17.3 Å². The summed E-state index contributed by atoms with van der Waals surface area (Å²) >= 11 is 0. The van der Waals surface area contributed by atoms with E-state index in [1.807, 2.05) is 65.7 Å². The fourth-order valence-electron chi connectivity index (χ4n) is 3.64. The summed E-state index contributed by atoms with van der Waals surface area (Å²) in [5.41, 5.74) is 13.8. The molecule has 2 aromatic carbocycles. The van der Waals surface area contributed by atoms with Crippen molar-refractivity contribution < 1.29 is 0 Å². The third kappa shape index (κ3) is 4.89. The van der Waals surface area contributed by atoms with Gasteiger partial charge >= 0.3 is 0 Å². The maximum absolute atomic E-state index is 6.42. The van der Waals surface area contributed by atoms with E-state index in [2.05, 4.69) is 26.8 Å². The highest BCUT2D eigenvalue weighted by Gasteiger charge is 2.14. The molecule has 1 aliphatic carbocycles. The highest BCUT2D eigenvalue weighted by atomic mass is 15.5. The van der Waals surface area contributed by atoms with E-state index in [1.165, 1.54) is 37.6 Å². The lowest BCUT2D eigenvalue weighted by molar-refractivity contribution is 0.679. The third-order valence-electron chi connectivity index (χ3n) is 5.25. The zero-order valence-corrected chi connectivity index (χ0v) is 17.1. The van der Waals surface area contributed by atoms with E-state index in [1.54, 1.807) is 0 Å². The average molecular weight is 401 g/mol. The van der Waals surface area contributed by atoms with Crippen LogP contribution in [0.1, 0.15) is 32.1 Å². The van der Waals surface area contributed by atoms with Crippen LogP contribution in [0.5, 0.6) is 0 Å². The lowest BCUT2D eigenvalue weighted by Crippen LogP contribution is -2.26. The standard InChI is InChI=1S/C24H28N6/c25-22-23(26-17-16-19-10-4-1-5-11-19)27-18-28-24(22)29-30(20-12-6-2-7-13-20)21-14-8-3-9-15-21/h2-3,6-10,12-15,18H,1,4-5,11,16-17,25H2,(H2,26,27,28,29). The van der Waals surface area contributed by atoms with Crippen LogP contribution in [0.4, 0.5) is 28.7 Å². The van der Waals surface area contributed by atoms with Crippen molar-refractivity contribution in [1.29, 1.82) is 0 Å². The van der Waals surface area contributed by atoms with Crippen molar-refractivity contribution in [3.05, 3.63) is 78.6 Å². The maximum atomic E-state index is 6.42. The Morgan fingerprint density at radius 2 is 1.53 bits per heavy atom. The van der Waals surface area contributed by atoms with Crippen molar-refractivity contribution in [3.63, 3.8) is 0 Å². The number of nitrogens with one attached hydrogen (secondary N) is 2. The van der Waals surface area contributed by atoms with Crippen LogP contribution in [-0.4, -0.2) is 16.5 Å². The van der Waals surface area contributed by atoms with E-state index in [0.717, 1.165) is 24.3 Å². The van der Waals surface area contributed by atoms with Gasteiger partial charge in [0.05, 0.1) is 11.4 Å².